The van der Waals surface area contributed by atoms with Gasteiger partial charge in [-0.3, -0.25) is 4.98 Å². The second-order valence-corrected chi connectivity index (χ2v) is 12.3. The Morgan fingerprint density at radius 2 is 1.71 bits per heavy atom. The van der Waals surface area contributed by atoms with Crippen LogP contribution >= 0.6 is 11.3 Å². The summed E-state index contributed by atoms with van der Waals surface area (Å²) in [6, 6.07) is 20.1. The van der Waals surface area contributed by atoms with E-state index in [2.05, 4.69) is 96.1 Å². The van der Waals surface area contributed by atoms with Crippen molar-refractivity contribution in [3.05, 3.63) is 77.7 Å². The number of thiophene rings is 1. The molecule has 0 saturated heterocycles. The van der Waals surface area contributed by atoms with Crippen LogP contribution in [0.3, 0.4) is 0 Å². The quantitative estimate of drug-likeness (QED) is 0.253. The molecule has 0 bridgehead atoms. The molecule has 35 heavy (non-hydrogen) atoms. The molecule has 2 nitrogen and oxygen atoms in total. The van der Waals surface area contributed by atoms with Crippen LogP contribution in [0.2, 0.25) is 0 Å². The lowest BCUT2D eigenvalue weighted by atomic mass is 9.82. The molecule has 3 aromatic heterocycles. The predicted molar refractivity (Wildman–Crippen MR) is 152 cm³/mol. The van der Waals surface area contributed by atoms with Crippen LogP contribution in [0, 0.1) is 12.8 Å². The Hall–Kier alpha value is -3.17. The minimum absolute atomic E-state index is 0.0348. The molecule has 3 heterocycles. The van der Waals surface area contributed by atoms with E-state index in [0.29, 0.717) is 5.92 Å². The number of pyridine rings is 1. The fourth-order valence-electron chi connectivity index (χ4n) is 5.34. The standard InChI is InChI=1S/C32H31NOS/c1-18(2)13-26-19(3)23-16-24-29(17-27(23)34-26)35-28-11-12-33-31(30(24)28)21-14-20-9-7-8-10-22(20)25(15-21)32(4,5)6/h7-12,14-18H,13H2,1-6H3. The minimum Gasteiger partial charge on any atom is -0.461 e. The zero-order chi connectivity index (χ0) is 24.5. The van der Waals surface area contributed by atoms with E-state index in [9.17, 15) is 0 Å². The van der Waals surface area contributed by atoms with Gasteiger partial charge in [0.1, 0.15) is 11.3 Å². The van der Waals surface area contributed by atoms with Crippen molar-refractivity contribution >= 4 is 53.3 Å². The average Bonchev–Trinajstić information content (AvgIpc) is 3.32. The summed E-state index contributed by atoms with van der Waals surface area (Å²) in [4.78, 5) is 4.96. The number of rotatable bonds is 3. The fourth-order valence-corrected chi connectivity index (χ4v) is 6.45. The number of furan rings is 1. The summed E-state index contributed by atoms with van der Waals surface area (Å²) in [7, 11) is 0. The Labute approximate surface area is 210 Å². The van der Waals surface area contributed by atoms with Crippen molar-refractivity contribution in [1.82, 2.24) is 4.98 Å². The van der Waals surface area contributed by atoms with Crippen LogP contribution in [-0.4, -0.2) is 4.98 Å². The van der Waals surface area contributed by atoms with E-state index in [0.717, 1.165) is 23.5 Å². The van der Waals surface area contributed by atoms with Crippen molar-refractivity contribution in [2.24, 2.45) is 5.92 Å². The molecule has 3 heteroatoms. The third-order valence-electron chi connectivity index (χ3n) is 7.08. The van der Waals surface area contributed by atoms with Gasteiger partial charge >= 0.3 is 0 Å². The summed E-state index contributed by atoms with van der Waals surface area (Å²) in [5.74, 6) is 1.68. The lowest BCUT2D eigenvalue weighted by molar-refractivity contribution is 0.496. The van der Waals surface area contributed by atoms with Gasteiger partial charge in [0.25, 0.3) is 0 Å². The third kappa shape index (κ3) is 3.65. The smallest absolute Gasteiger partial charge is 0.136 e. The molecule has 176 valence electrons. The van der Waals surface area contributed by atoms with Gasteiger partial charge in [-0.05, 0) is 70.5 Å². The second kappa shape index (κ2) is 7.93. The Balaban J connectivity index is 1.65. The molecule has 0 aliphatic heterocycles. The molecule has 0 unspecified atom stereocenters. The summed E-state index contributed by atoms with van der Waals surface area (Å²) in [6.07, 6.45) is 2.92. The Morgan fingerprint density at radius 3 is 2.49 bits per heavy atom. The number of fused-ring (bicyclic) bond motifs is 5. The molecular weight excluding hydrogens is 446 g/mol. The van der Waals surface area contributed by atoms with E-state index >= 15 is 0 Å². The zero-order valence-electron chi connectivity index (χ0n) is 21.3. The second-order valence-electron chi connectivity index (χ2n) is 11.2. The van der Waals surface area contributed by atoms with Crippen LogP contribution in [0.15, 0.2) is 65.2 Å². The van der Waals surface area contributed by atoms with E-state index < -0.39 is 0 Å². The molecule has 6 aromatic rings. The maximum Gasteiger partial charge on any atom is 0.136 e. The molecule has 0 aliphatic carbocycles. The molecule has 3 aromatic carbocycles. The molecule has 0 fully saturated rings. The van der Waals surface area contributed by atoms with Gasteiger partial charge in [-0.2, -0.15) is 0 Å². The number of nitrogens with zero attached hydrogens (tertiary/aromatic N) is 1. The number of aryl methyl sites for hydroxylation is 1. The van der Waals surface area contributed by atoms with Crippen molar-refractivity contribution < 1.29 is 4.42 Å². The number of aromatic nitrogens is 1. The third-order valence-corrected chi connectivity index (χ3v) is 8.19. The molecule has 0 spiro atoms. The maximum atomic E-state index is 6.32. The fraction of sp³-hybridized carbons (Fsp3) is 0.281. The first-order chi connectivity index (χ1) is 16.7. The van der Waals surface area contributed by atoms with Gasteiger partial charge in [0.2, 0.25) is 0 Å². The monoisotopic (exact) mass is 477 g/mol. The molecule has 6 rings (SSSR count). The lowest BCUT2D eigenvalue weighted by Crippen LogP contribution is -2.12. The highest BCUT2D eigenvalue weighted by atomic mass is 32.1. The molecule has 0 atom stereocenters. The molecule has 0 saturated carbocycles. The first-order valence-corrected chi connectivity index (χ1v) is 13.3. The van der Waals surface area contributed by atoms with E-state index in [1.807, 2.05) is 17.5 Å². The topological polar surface area (TPSA) is 26.0 Å². The lowest BCUT2D eigenvalue weighted by Gasteiger charge is -2.23. The normalized spacial score (nSPS) is 12.7. The average molecular weight is 478 g/mol. The number of benzene rings is 3. The van der Waals surface area contributed by atoms with Gasteiger partial charge in [0.15, 0.2) is 0 Å². The van der Waals surface area contributed by atoms with Crippen LogP contribution in [0.4, 0.5) is 0 Å². The van der Waals surface area contributed by atoms with Crippen LogP contribution in [0.25, 0.3) is 53.2 Å². The maximum absolute atomic E-state index is 6.32. The largest absolute Gasteiger partial charge is 0.461 e. The number of hydrogen-bond donors (Lipinski definition) is 0. The van der Waals surface area contributed by atoms with Gasteiger partial charge in [-0.15, -0.1) is 11.3 Å². The summed E-state index contributed by atoms with van der Waals surface area (Å²) in [5, 5.41) is 6.32. The van der Waals surface area contributed by atoms with Crippen LogP contribution in [-0.2, 0) is 11.8 Å². The zero-order valence-corrected chi connectivity index (χ0v) is 22.1. The van der Waals surface area contributed by atoms with E-state index in [1.54, 1.807) is 0 Å². The van der Waals surface area contributed by atoms with Crippen molar-refractivity contribution in [3.63, 3.8) is 0 Å². The predicted octanol–water partition coefficient (Wildman–Crippen LogP) is 9.82. The highest BCUT2D eigenvalue weighted by molar-refractivity contribution is 7.26. The van der Waals surface area contributed by atoms with Crippen molar-refractivity contribution in [3.8, 4) is 11.3 Å². The molecule has 0 radical (unpaired) electrons. The van der Waals surface area contributed by atoms with Gasteiger partial charge in [-0.1, -0.05) is 58.9 Å². The van der Waals surface area contributed by atoms with Crippen molar-refractivity contribution in [2.45, 2.75) is 53.4 Å². The Bertz CT molecular complexity index is 1740. The van der Waals surface area contributed by atoms with E-state index in [4.69, 9.17) is 9.40 Å². The highest BCUT2D eigenvalue weighted by Crippen LogP contribution is 2.43. The Kier molecular flexibility index (Phi) is 5.05. The SMILES string of the molecule is Cc1c(CC(C)C)oc2cc3sc4ccnc(-c5cc(C(C)(C)C)c6ccccc6c5)c4c3cc12. The van der Waals surface area contributed by atoms with Gasteiger partial charge < -0.3 is 4.42 Å². The molecule has 0 N–H and O–H groups in total. The van der Waals surface area contributed by atoms with Crippen LogP contribution in [0.1, 0.15) is 51.5 Å². The summed E-state index contributed by atoms with van der Waals surface area (Å²) in [5.41, 5.74) is 5.90. The van der Waals surface area contributed by atoms with Crippen LogP contribution < -0.4 is 0 Å². The van der Waals surface area contributed by atoms with E-state index in [-0.39, 0.29) is 5.41 Å². The summed E-state index contributed by atoms with van der Waals surface area (Å²) >= 11 is 1.83. The van der Waals surface area contributed by atoms with Crippen LogP contribution in [0.5, 0.6) is 0 Å². The molecular formula is C32H31NOS. The Morgan fingerprint density at radius 1 is 0.914 bits per heavy atom. The minimum atomic E-state index is 0.0348. The summed E-state index contributed by atoms with van der Waals surface area (Å²) in [6.45, 7) is 13.6. The molecule has 0 amide bonds. The first-order valence-electron chi connectivity index (χ1n) is 12.5. The van der Waals surface area contributed by atoms with Crippen molar-refractivity contribution in [2.75, 3.05) is 0 Å². The van der Waals surface area contributed by atoms with E-state index in [1.165, 1.54) is 53.0 Å². The first kappa shape index (κ1) is 22.3. The number of hydrogen-bond acceptors (Lipinski definition) is 3. The molecule has 0 aliphatic rings. The summed E-state index contributed by atoms with van der Waals surface area (Å²) < 4.78 is 8.84. The highest BCUT2D eigenvalue weighted by Gasteiger charge is 2.21. The van der Waals surface area contributed by atoms with Crippen molar-refractivity contribution in [1.29, 1.82) is 0 Å². The van der Waals surface area contributed by atoms with Gasteiger partial charge in [0, 0.05) is 43.7 Å². The van der Waals surface area contributed by atoms with Gasteiger partial charge in [-0.25, -0.2) is 0 Å². The van der Waals surface area contributed by atoms with Gasteiger partial charge in [0.05, 0.1) is 5.69 Å².